The quantitative estimate of drug-likeness (QED) is 0.906. The van der Waals surface area contributed by atoms with E-state index in [-0.39, 0.29) is 18.2 Å². The van der Waals surface area contributed by atoms with Crippen LogP contribution in [0.25, 0.3) is 0 Å². The summed E-state index contributed by atoms with van der Waals surface area (Å²) < 4.78 is 5.60. The van der Waals surface area contributed by atoms with E-state index in [0.29, 0.717) is 26.2 Å². The van der Waals surface area contributed by atoms with Gasteiger partial charge in [-0.2, -0.15) is 11.3 Å². The number of morpholine rings is 1. The molecule has 2 rings (SSSR count). The van der Waals surface area contributed by atoms with E-state index < -0.39 is 0 Å². The third kappa shape index (κ3) is 4.43. The molecule has 0 spiro atoms. The first-order valence-electron chi connectivity index (χ1n) is 7.44. The standard InChI is InChI=1S/C15H25N3O2S/c1-4-13-10-18(6-7-20-13)15(19)16-9-14(17(2)3)12-5-8-21-11-12/h5,8,11,13-14H,4,6-7,9-10H2,1-3H3,(H,16,19). The summed E-state index contributed by atoms with van der Waals surface area (Å²) in [6.07, 6.45) is 1.12. The van der Waals surface area contributed by atoms with Crippen LogP contribution in [0.3, 0.4) is 0 Å². The second-order valence-corrected chi connectivity index (χ2v) is 6.35. The van der Waals surface area contributed by atoms with Crippen molar-refractivity contribution >= 4 is 17.4 Å². The SMILES string of the molecule is CCC1CN(C(=O)NCC(c2ccsc2)N(C)C)CCO1. The summed E-state index contributed by atoms with van der Waals surface area (Å²) in [6.45, 7) is 4.70. The number of nitrogens with one attached hydrogen (secondary N) is 1. The van der Waals surface area contributed by atoms with Crippen molar-refractivity contribution < 1.29 is 9.53 Å². The van der Waals surface area contributed by atoms with Gasteiger partial charge in [0.2, 0.25) is 0 Å². The first-order valence-corrected chi connectivity index (χ1v) is 8.39. The molecule has 0 bridgehead atoms. The Labute approximate surface area is 130 Å². The van der Waals surface area contributed by atoms with E-state index >= 15 is 0 Å². The molecule has 0 saturated carbocycles. The molecule has 0 aromatic carbocycles. The van der Waals surface area contributed by atoms with Gasteiger partial charge in [-0.05, 0) is 42.9 Å². The monoisotopic (exact) mass is 311 g/mol. The van der Waals surface area contributed by atoms with E-state index in [1.54, 1.807) is 11.3 Å². The van der Waals surface area contributed by atoms with Gasteiger partial charge in [0.05, 0.1) is 18.8 Å². The molecule has 118 valence electrons. The minimum absolute atomic E-state index is 0.0128. The van der Waals surface area contributed by atoms with Crippen LogP contribution in [0.5, 0.6) is 0 Å². The maximum Gasteiger partial charge on any atom is 0.317 e. The molecule has 2 amide bonds. The molecule has 1 N–H and O–H groups in total. The summed E-state index contributed by atoms with van der Waals surface area (Å²) in [6, 6.07) is 2.34. The summed E-state index contributed by atoms with van der Waals surface area (Å²) >= 11 is 1.68. The molecule has 1 saturated heterocycles. The van der Waals surface area contributed by atoms with Gasteiger partial charge in [0.1, 0.15) is 0 Å². The lowest BCUT2D eigenvalue weighted by molar-refractivity contribution is -0.0155. The van der Waals surface area contributed by atoms with Crippen molar-refractivity contribution in [3.8, 4) is 0 Å². The average Bonchev–Trinajstić information content (AvgIpc) is 3.01. The summed E-state index contributed by atoms with van der Waals surface area (Å²) in [5.74, 6) is 0. The number of nitrogens with zero attached hydrogens (tertiary/aromatic N) is 2. The van der Waals surface area contributed by atoms with Crippen LogP contribution in [-0.4, -0.2) is 62.3 Å². The fourth-order valence-electron chi connectivity index (χ4n) is 2.51. The number of thiophene rings is 1. The molecular weight excluding hydrogens is 286 g/mol. The molecule has 1 fully saturated rings. The Morgan fingerprint density at radius 1 is 1.62 bits per heavy atom. The van der Waals surface area contributed by atoms with Gasteiger partial charge in [-0.25, -0.2) is 4.79 Å². The van der Waals surface area contributed by atoms with Crippen LogP contribution < -0.4 is 5.32 Å². The number of urea groups is 1. The van der Waals surface area contributed by atoms with Gasteiger partial charge in [0, 0.05) is 19.6 Å². The molecule has 1 aliphatic rings. The molecule has 5 nitrogen and oxygen atoms in total. The zero-order valence-corrected chi connectivity index (χ0v) is 13.9. The zero-order chi connectivity index (χ0) is 15.2. The lowest BCUT2D eigenvalue weighted by Gasteiger charge is -2.33. The smallest absolute Gasteiger partial charge is 0.317 e. The third-order valence-electron chi connectivity index (χ3n) is 3.88. The second-order valence-electron chi connectivity index (χ2n) is 5.57. The highest BCUT2D eigenvalue weighted by molar-refractivity contribution is 7.07. The van der Waals surface area contributed by atoms with Gasteiger partial charge in [-0.15, -0.1) is 0 Å². The molecule has 2 heterocycles. The molecule has 0 aliphatic carbocycles. The minimum atomic E-state index is 0.0128. The van der Waals surface area contributed by atoms with Crippen molar-refractivity contribution in [1.82, 2.24) is 15.1 Å². The number of hydrogen-bond donors (Lipinski definition) is 1. The molecule has 2 atom stereocenters. The first-order chi connectivity index (χ1) is 10.1. The number of likely N-dealkylation sites (N-methyl/N-ethyl adjacent to an activating group) is 1. The summed E-state index contributed by atoms with van der Waals surface area (Å²) in [4.78, 5) is 16.3. The lowest BCUT2D eigenvalue weighted by Crippen LogP contribution is -2.50. The van der Waals surface area contributed by atoms with Crippen molar-refractivity contribution in [3.63, 3.8) is 0 Å². The normalized spacial score (nSPS) is 20.6. The summed E-state index contributed by atoms with van der Waals surface area (Å²) in [5, 5.41) is 7.27. The summed E-state index contributed by atoms with van der Waals surface area (Å²) in [5.41, 5.74) is 1.25. The van der Waals surface area contributed by atoms with Gasteiger partial charge in [0.25, 0.3) is 0 Å². The van der Waals surface area contributed by atoms with Crippen LogP contribution in [0, 0.1) is 0 Å². The molecular formula is C15H25N3O2S. The molecule has 2 unspecified atom stereocenters. The van der Waals surface area contributed by atoms with Gasteiger partial charge in [-0.1, -0.05) is 6.92 Å². The molecule has 1 aliphatic heterocycles. The van der Waals surface area contributed by atoms with E-state index in [4.69, 9.17) is 4.74 Å². The van der Waals surface area contributed by atoms with Crippen molar-refractivity contribution in [3.05, 3.63) is 22.4 Å². The number of carbonyl (C=O) groups is 1. The van der Waals surface area contributed by atoms with Crippen LogP contribution in [0.15, 0.2) is 16.8 Å². The Balaban J connectivity index is 1.87. The average molecular weight is 311 g/mol. The molecule has 6 heteroatoms. The van der Waals surface area contributed by atoms with Gasteiger partial charge < -0.3 is 19.9 Å². The highest BCUT2D eigenvalue weighted by atomic mass is 32.1. The molecule has 0 radical (unpaired) electrons. The van der Waals surface area contributed by atoms with Gasteiger partial charge >= 0.3 is 6.03 Å². The number of amides is 2. The topological polar surface area (TPSA) is 44.8 Å². The van der Waals surface area contributed by atoms with Gasteiger partial charge in [-0.3, -0.25) is 0 Å². The third-order valence-corrected chi connectivity index (χ3v) is 4.58. The number of hydrogen-bond acceptors (Lipinski definition) is 4. The van der Waals surface area contributed by atoms with Gasteiger partial charge in [0.15, 0.2) is 0 Å². The predicted octanol–water partition coefficient (Wildman–Crippen LogP) is 2.17. The predicted molar refractivity (Wildman–Crippen MR) is 85.7 cm³/mol. The van der Waals surface area contributed by atoms with Crippen LogP contribution in [0.2, 0.25) is 0 Å². The van der Waals surface area contributed by atoms with Crippen molar-refractivity contribution in [1.29, 1.82) is 0 Å². The fraction of sp³-hybridized carbons (Fsp3) is 0.667. The molecule has 21 heavy (non-hydrogen) atoms. The van der Waals surface area contributed by atoms with E-state index in [2.05, 4.69) is 34.0 Å². The summed E-state index contributed by atoms with van der Waals surface area (Å²) in [7, 11) is 4.08. The van der Waals surface area contributed by atoms with Crippen molar-refractivity contribution in [2.75, 3.05) is 40.3 Å². The number of ether oxygens (including phenoxy) is 1. The molecule has 1 aromatic heterocycles. The fourth-order valence-corrected chi connectivity index (χ4v) is 3.22. The largest absolute Gasteiger partial charge is 0.375 e. The van der Waals surface area contributed by atoms with E-state index in [9.17, 15) is 4.79 Å². The Hall–Kier alpha value is -1.11. The zero-order valence-electron chi connectivity index (χ0n) is 13.0. The van der Waals surface area contributed by atoms with Crippen LogP contribution >= 0.6 is 11.3 Å². The van der Waals surface area contributed by atoms with Crippen molar-refractivity contribution in [2.24, 2.45) is 0 Å². The van der Waals surface area contributed by atoms with Crippen LogP contribution in [0.1, 0.15) is 24.9 Å². The Morgan fingerprint density at radius 3 is 3.05 bits per heavy atom. The highest BCUT2D eigenvalue weighted by Crippen LogP contribution is 2.20. The maximum absolute atomic E-state index is 12.3. The van der Waals surface area contributed by atoms with E-state index in [1.807, 2.05) is 19.0 Å². The Bertz CT molecular complexity index is 436. The van der Waals surface area contributed by atoms with E-state index in [1.165, 1.54) is 5.56 Å². The van der Waals surface area contributed by atoms with Crippen molar-refractivity contribution in [2.45, 2.75) is 25.5 Å². The van der Waals surface area contributed by atoms with Crippen LogP contribution in [-0.2, 0) is 4.74 Å². The lowest BCUT2D eigenvalue weighted by atomic mass is 10.1. The molecule has 1 aromatic rings. The Morgan fingerprint density at radius 2 is 2.43 bits per heavy atom. The highest BCUT2D eigenvalue weighted by Gasteiger charge is 2.24. The number of rotatable bonds is 5. The minimum Gasteiger partial charge on any atom is -0.375 e. The first kappa shape index (κ1) is 16.3. The van der Waals surface area contributed by atoms with Crippen LogP contribution in [0.4, 0.5) is 4.79 Å². The Kier molecular flexibility index (Phi) is 6.02. The second kappa shape index (κ2) is 7.77. The van der Waals surface area contributed by atoms with E-state index in [0.717, 1.165) is 6.42 Å². The number of carbonyl (C=O) groups excluding carboxylic acids is 1. The maximum atomic E-state index is 12.3.